The van der Waals surface area contributed by atoms with Gasteiger partial charge in [0.05, 0.1) is 0 Å². The molecule has 0 aromatic heterocycles. The molecular weight excluding hydrogens is 217 g/mol. The van der Waals surface area contributed by atoms with Crippen LogP contribution in [0.1, 0.15) is 18.4 Å². The molecule has 1 nitrogen and oxygen atoms in total. The van der Waals surface area contributed by atoms with E-state index in [9.17, 15) is 0 Å². The lowest BCUT2D eigenvalue weighted by Gasteiger charge is -2.09. The van der Waals surface area contributed by atoms with Gasteiger partial charge in [-0.1, -0.05) is 23.7 Å². The zero-order chi connectivity index (χ0) is 9.10. The average molecular weight is 232 g/mol. The molecule has 0 spiro atoms. The Kier molecular flexibility index (Phi) is 4.73. The Morgan fingerprint density at radius 2 is 2.00 bits per heavy atom. The van der Waals surface area contributed by atoms with Crippen LogP contribution in [0.15, 0.2) is 24.3 Å². The van der Waals surface area contributed by atoms with Gasteiger partial charge < -0.3 is 5.32 Å². The van der Waals surface area contributed by atoms with Gasteiger partial charge >= 0.3 is 0 Å². The SMILES string of the molecule is Cl.Clc1ccc(CC2CCCN2)cc1. The summed E-state index contributed by atoms with van der Waals surface area (Å²) >= 11 is 5.81. The fraction of sp³-hybridized carbons (Fsp3) is 0.455. The van der Waals surface area contributed by atoms with Crippen LogP contribution in [0.5, 0.6) is 0 Å². The lowest BCUT2D eigenvalue weighted by molar-refractivity contribution is 0.603. The van der Waals surface area contributed by atoms with E-state index in [4.69, 9.17) is 11.6 Å². The van der Waals surface area contributed by atoms with E-state index in [1.165, 1.54) is 24.9 Å². The van der Waals surface area contributed by atoms with Crippen molar-refractivity contribution in [2.75, 3.05) is 6.54 Å². The Hall–Kier alpha value is -0.240. The van der Waals surface area contributed by atoms with Crippen molar-refractivity contribution < 1.29 is 0 Å². The highest BCUT2D eigenvalue weighted by atomic mass is 35.5. The zero-order valence-corrected chi connectivity index (χ0v) is 9.57. The maximum Gasteiger partial charge on any atom is 0.0406 e. The van der Waals surface area contributed by atoms with Gasteiger partial charge in [0.25, 0.3) is 0 Å². The summed E-state index contributed by atoms with van der Waals surface area (Å²) in [4.78, 5) is 0. The number of hydrogen-bond acceptors (Lipinski definition) is 1. The first-order valence-electron chi connectivity index (χ1n) is 4.82. The summed E-state index contributed by atoms with van der Waals surface area (Å²) in [5.74, 6) is 0. The zero-order valence-electron chi connectivity index (χ0n) is 8.00. The highest BCUT2D eigenvalue weighted by Gasteiger charge is 2.13. The second kappa shape index (κ2) is 5.59. The van der Waals surface area contributed by atoms with Crippen molar-refractivity contribution in [1.29, 1.82) is 0 Å². The Balaban J connectivity index is 0.000000980. The molecule has 1 aliphatic heterocycles. The van der Waals surface area contributed by atoms with Crippen molar-refractivity contribution in [3.05, 3.63) is 34.9 Å². The van der Waals surface area contributed by atoms with Crippen molar-refractivity contribution in [3.63, 3.8) is 0 Å². The molecule has 0 bridgehead atoms. The van der Waals surface area contributed by atoms with E-state index in [-0.39, 0.29) is 12.4 Å². The Labute approximate surface area is 96.3 Å². The smallest absolute Gasteiger partial charge is 0.0406 e. The molecule has 1 heterocycles. The summed E-state index contributed by atoms with van der Waals surface area (Å²) in [6, 6.07) is 8.84. The minimum atomic E-state index is 0. The molecule has 1 aliphatic rings. The molecule has 1 aromatic rings. The predicted molar refractivity (Wildman–Crippen MR) is 63.4 cm³/mol. The first-order chi connectivity index (χ1) is 6.34. The molecule has 3 heteroatoms. The summed E-state index contributed by atoms with van der Waals surface area (Å²) in [6.07, 6.45) is 3.76. The molecule has 1 unspecified atom stereocenters. The minimum Gasteiger partial charge on any atom is -0.314 e. The third kappa shape index (κ3) is 3.16. The first-order valence-corrected chi connectivity index (χ1v) is 5.20. The van der Waals surface area contributed by atoms with Crippen LogP contribution in [0.3, 0.4) is 0 Å². The number of rotatable bonds is 2. The third-order valence-electron chi connectivity index (χ3n) is 2.56. The Morgan fingerprint density at radius 3 is 2.57 bits per heavy atom. The topological polar surface area (TPSA) is 12.0 Å². The van der Waals surface area contributed by atoms with E-state index in [0.29, 0.717) is 6.04 Å². The normalized spacial score (nSPS) is 20.5. The number of benzene rings is 1. The van der Waals surface area contributed by atoms with Gasteiger partial charge in [0, 0.05) is 11.1 Å². The summed E-state index contributed by atoms with van der Waals surface area (Å²) < 4.78 is 0. The molecule has 0 amide bonds. The fourth-order valence-electron chi connectivity index (χ4n) is 1.84. The molecule has 2 rings (SSSR count). The second-order valence-electron chi connectivity index (χ2n) is 3.62. The summed E-state index contributed by atoms with van der Waals surface area (Å²) in [7, 11) is 0. The Morgan fingerprint density at radius 1 is 1.29 bits per heavy atom. The molecule has 1 atom stereocenters. The standard InChI is InChI=1S/C11H14ClN.ClH/c12-10-5-3-9(4-6-10)8-11-2-1-7-13-11;/h3-6,11,13H,1-2,7-8H2;1H. The van der Waals surface area contributed by atoms with Crippen LogP contribution < -0.4 is 5.32 Å². The third-order valence-corrected chi connectivity index (χ3v) is 2.81. The van der Waals surface area contributed by atoms with Crippen LogP contribution in [0.25, 0.3) is 0 Å². The van der Waals surface area contributed by atoms with Crippen LogP contribution in [0.4, 0.5) is 0 Å². The first kappa shape index (κ1) is 11.8. The van der Waals surface area contributed by atoms with Crippen molar-refractivity contribution in [3.8, 4) is 0 Å². The van der Waals surface area contributed by atoms with Crippen LogP contribution >= 0.6 is 24.0 Å². The van der Waals surface area contributed by atoms with Gasteiger partial charge in [-0.3, -0.25) is 0 Å². The quantitative estimate of drug-likeness (QED) is 0.826. The van der Waals surface area contributed by atoms with E-state index < -0.39 is 0 Å². The molecular formula is C11H15Cl2N. The molecule has 0 radical (unpaired) electrons. The van der Waals surface area contributed by atoms with E-state index in [1.54, 1.807) is 0 Å². The van der Waals surface area contributed by atoms with Gasteiger partial charge in [0.2, 0.25) is 0 Å². The lowest BCUT2D eigenvalue weighted by atomic mass is 10.1. The molecule has 1 fully saturated rings. The predicted octanol–water partition coefficient (Wildman–Crippen LogP) is 3.06. The van der Waals surface area contributed by atoms with Gasteiger partial charge in [-0.25, -0.2) is 0 Å². The van der Waals surface area contributed by atoms with E-state index >= 15 is 0 Å². The largest absolute Gasteiger partial charge is 0.314 e. The van der Waals surface area contributed by atoms with Crippen molar-refractivity contribution in [1.82, 2.24) is 5.32 Å². The number of hydrogen-bond donors (Lipinski definition) is 1. The molecule has 1 saturated heterocycles. The van der Waals surface area contributed by atoms with E-state index in [1.807, 2.05) is 12.1 Å². The average Bonchev–Trinajstić information content (AvgIpc) is 2.62. The van der Waals surface area contributed by atoms with Crippen molar-refractivity contribution in [2.45, 2.75) is 25.3 Å². The summed E-state index contributed by atoms with van der Waals surface area (Å²) in [6.45, 7) is 1.18. The highest BCUT2D eigenvalue weighted by molar-refractivity contribution is 6.30. The molecule has 14 heavy (non-hydrogen) atoms. The number of nitrogens with one attached hydrogen (secondary N) is 1. The lowest BCUT2D eigenvalue weighted by Crippen LogP contribution is -2.23. The molecule has 0 aliphatic carbocycles. The molecule has 1 aromatic carbocycles. The van der Waals surface area contributed by atoms with E-state index in [2.05, 4.69) is 17.4 Å². The van der Waals surface area contributed by atoms with Crippen LogP contribution in [-0.4, -0.2) is 12.6 Å². The monoisotopic (exact) mass is 231 g/mol. The molecule has 78 valence electrons. The summed E-state index contributed by atoms with van der Waals surface area (Å²) in [5.41, 5.74) is 1.38. The summed E-state index contributed by atoms with van der Waals surface area (Å²) in [5, 5.41) is 4.31. The Bertz CT molecular complexity index is 265. The van der Waals surface area contributed by atoms with Gasteiger partial charge in [-0.2, -0.15) is 0 Å². The van der Waals surface area contributed by atoms with Gasteiger partial charge in [-0.05, 0) is 43.5 Å². The maximum atomic E-state index is 5.81. The van der Waals surface area contributed by atoms with Crippen LogP contribution in [0.2, 0.25) is 5.02 Å². The van der Waals surface area contributed by atoms with Crippen molar-refractivity contribution in [2.24, 2.45) is 0 Å². The molecule has 1 N–H and O–H groups in total. The van der Waals surface area contributed by atoms with Crippen LogP contribution in [0, 0.1) is 0 Å². The van der Waals surface area contributed by atoms with Crippen LogP contribution in [-0.2, 0) is 6.42 Å². The van der Waals surface area contributed by atoms with Gasteiger partial charge in [0.1, 0.15) is 0 Å². The van der Waals surface area contributed by atoms with E-state index in [0.717, 1.165) is 11.4 Å². The van der Waals surface area contributed by atoms with Crippen molar-refractivity contribution >= 4 is 24.0 Å². The van der Waals surface area contributed by atoms with Gasteiger partial charge in [-0.15, -0.1) is 12.4 Å². The minimum absolute atomic E-state index is 0. The highest BCUT2D eigenvalue weighted by Crippen LogP contribution is 2.14. The maximum absolute atomic E-state index is 5.81. The fourth-order valence-corrected chi connectivity index (χ4v) is 1.96. The van der Waals surface area contributed by atoms with Gasteiger partial charge in [0.15, 0.2) is 0 Å². The second-order valence-corrected chi connectivity index (χ2v) is 4.06. The number of halogens is 2. The molecule has 0 saturated carbocycles.